The molecule has 0 aliphatic carbocycles. The minimum absolute atomic E-state index is 0.719. The molecule has 0 unspecified atom stereocenters. The summed E-state index contributed by atoms with van der Waals surface area (Å²) in [4.78, 5) is 2.46. The van der Waals surface area contributed by atoms with Gasteiger partial charge in [0.25, 0.3) is 0 Å². The number of aryl methyl sites for hydroxylation is 1. The second-order valence-electron chi connectivity index (χ2n) is 6.43. The zero-order chi connectivity index (χ0) is 14.5. The summed E-state index contributed by atoms with van der Waals surface area (Å²) in [5, 5.41) is 0. The van der Waals surface area contributed by atoms with Crippen molar-refractivity contribution in [2.75, 3.05) is 13.1 Å². The Balaban J connectivity index is 2.17. The molecule has 1 aromatic rings. The summed E-state index contributed by atoms with van der Waals surface area (Å²) < 4.78 is 0. The lowest BCUT2D eigenvalue weighted by molar-refractivity contribution is 0.326. The molecular weight excluding hydrogens is 242 g/mol. The fourth-order valence-corrected chi connectivity index (χ4v) is 3.12. The highest BCUT2D eigenvalue weighted by molar-refractivity contribution is 5.63. The molecule has 0 atom stereocenters. The molecule has 0 radical (unpaired) electrons. The third-order valence-electron chi connectivity index (χ3n) is 4.29. The molecule has 1 aromatic carbocycles. The summed E-state index contributed by atoms with van der Waals surface area (Å²) in [6.07, 6.45) is 6.29. The smallest absolute Gasteiger partial charge is 0.0366 e. The zero-order valence-electron chi connectivity index (χ0n) is 13.4. The minimum Gasteiger partial charge on any atom is -0.372 e. The maximum atomic E-state index is 4.34. The van der Waals surface area contributed by atoms with E-state index in [0.29, 0.717) is 0 Å². The average Bonchev–Trinajstić information content (AvgIpc) is 2.47. The number of hydrogen-bond acceptors (Lipinski definition) is 1. The van der Waals surface area contributed by atoms with Crippen LogP contribution < -0.4 is 0 Å². The Morgan fingerprint density at radius 2 is 1.85 bits per heavy atom. The second-order valence-corrected chi connectivity index (χ2v) is 6.43. The van der Waals surface area contributed by atoms with Gasteiger partial charge in [0.05, 0.1) is 0 Å². The fraction of sp³-hybridized carbons (Fsp3) is 0.579. The molecule has 0 saturated carbocycles. The highest BCUT2D eigenvalue weighted by atomic mass is 15.1. The van der Waals surface area contributed by atoms with Crippen molar-refractivity contribution in [1.29, 1.82) is 0 Å². The number of hydrogen-bond donors (Lipinski definition) is 0. The molecule has 110 valence electrons. The van der Waals surface area contributed by atoms with Gasteiger partial charge in [-0.1, -0.05) is 39.5 Å². The van der Waals surface area contributed by atoms with Crippen LogP contribution in [0.4, 0.5) is 0 Å². The van der Waals surface area contributed by atoms with Gasteiger partial charge in [0, 0.05) is 18.8 Å². The average molecular weight is 271 g/mol. The van der Waals surface area contributed by atoms with E-state index in [-0.39, 0.29) is 0 Å². The van der Waals surface area contributed by atoms with E-state index in [9.17, 15) is 0 Å². The summed E-state index contributed by atoms with van der Waals surface area (Å²) in [6, 6.07) is 6.96. The Morgan fingerprint density at radius 1 is 1.15 bits per heavy atom. The Labute approximate surface area is 124 Å². The lowest BCUT2D eigenvalue weighted by Gasteiger charge is -2.31. The molecule has 1 aliphatic heterocycles. The normalized spacial score (nSPS) is 15.7. The molecule has 1 heterocycles. The van der Waals surface area contributed by atoms with Gasteiger partial charge in [-0.3, -0.25) is 0 Å². The van der Waals surface area contributed by atoms with Crippen LogP contribution in [-0.2, 0) is 12.8 Å². The van der Waals surface area contributed by atoms with Crippen LogP contribution in [0.5, 0.6) is 0 Å². The molecule has 1 fully saturated rings. The third kappa shape index (κ3) is 3.65. The van der Waals surface area contributed by atoms with Crippen LogP contribution in [0.15, 0.2) is 24.8 Å². The molecule has 20 heavy (non-hydrogen) atoms. The van der Waals surface area contributed by atoms with Crippen molar-refractivity contribution < 1.29 is 0 Å². The zero-order valence-corrected chi connectivity index (χ0v) is 13.4. The molecule has 0 spiro atoms. The summed E-state index contributed by atoms with van der Waals surface area (Å²) in [5.74, 6) is 0.719. The largest absolute Gasteiger partial charge is 0.372 e. The van der Waals surface area contributed by atoms with Crippen molar-refractivity contribution in [3.63, 3.8) is 0 Å². The van der Waals surface area contributed by atoms with Crippen LogP contribution in [-0.4, -0.2) is 18.0 Å². The van der Waals surface area contributed by atoms with Gasteiger partial charge in [-0.25, -0.2) is 0 Å². The van der Waals surface area contributed by atoms with Gasteiger partial charge < -0.3 is 4.90 Å². The van der Waals surface area contributed by atoms with E-state index < -0.39 is 0 Å². The van der Waals surface area contributed by atoms with E-state index in [0.717, 1.165) is 12.3 Å². The molecular formula is C19H29N. The molecule has 0 N–H and O–H groups in total. The molecule has 0 bridgehead atoms. The van der Waals surface area contributed by atoms with Gasteiger partial charge in [0.15, 0.2) is 0 Å². The van der Waals surface area contributed by atoms with Crippen molar-refractivity contribution in [3.8, 4) is 0 Å². The Morgan fingerprint density at radius 3 is 2.45 bits per heavy atom. The van der Waals surface area contributed by atoms with Gasteiger partial charge >= 0.3 is 0 Å². The molecule has 0 aromatic heterocycles. The van der Waals surface area contributed by atoms with Gasteiger partial charge in [0.2, 0.25) is 0 Å². The van der Waals surface area contributed by atoms with Crippen LogP contribution in [0.2, 0.25) is 0 Å². The lowest BCUT2D eigenvalue weighted by atomic mass is 9.94. The van der Waals surface area contributed by atoms with Crippen molar-refractivity contribution >= 4 is 5.70 Å². The van der Waals surface area contributed by atoms with E-state index in [2.05, 4.69) is 50.4 Å². The van der Waals surface area contributed by atoms with E-state index in [4.69, 9.17) is 0 Å². The molecule has 1 nitrogen and oxygen atoms in total. The SMILES string of the molecule is C=C(c1ccc(CC(C)C)c(CC)c1)N1CCCCC1. The van der Waals surface area contributed by atoms with Gasteiger partial charge in [0.1, 0.15) is 0 Å². The number of nitrogens with zero attached hydrogens (tertiary/aromatic N) is 1. The van der Waals surface area contributed by atoms with Gasteiger partial charge in [-0.05, 0) is 60.8 Å². The summed E-state index contributed by atoms with van der Waals surface area (Å²) in [7, 11) is 0. The lowest BCUT2D eigenvalue weighted by Crippen LogP contribution is -2.27. The maximum Gasteiger partial charge on any atom is 0.0366 e. The van der Waals surface area contributed by atoms with Crippen LogP contribution in [0.25, 0.3) is 5.70 Å². The number of benzene rings is 1. The summed E-state index contributed by atoms with van der Waals surface area (Å²) in [6.45, 7) is 13.5. The quantitative estimate of drug-likeness (QED) is 0.736. The first-order valence-electron chi connectivity index (χ1n) is 8.17. The highest BCUT2D eigenvalue weighted by Gasteiger charge is 2.14. The fourth-order valence-electron chi connectivity index (χ4n) is 3.12. The number of piperidine rings is 1. The Kier molecular flexibility index (Phi) is 5.28. The predicted molar refractivity (Wildman–Crippen MR) is 88.8 cm³/mol. The second kappa shape index (κ2) is 6.97. The van der Waals surface area contributed by atoms with Crippen molar-refractivity contribution in [2.24, 2.45) is 5.92 Å². The van der Waals surface area contributed by atoms with E-state index >= 15 is 0 Å². The molecule has 1 saturated heterocycles. The first-order chi connectivity index (χ1) is 9.61. The number of likely N-dealkylation sites (tertiary alicyclic amines) is 1. The van der Waals surface area contributed by atoms with Crippen LogP contribution >= 0.6 is 0 Å². The van der Waals surface area contributed by atoms with Gasteiger partial charge in [-0.2, -0.15) is 0 Å². The molecule has 1 heteroatoms. The van der Waals surface area contributed by atoms with Crippen LogP contribution in [0, 0.1) is 5.92 Å². The Hall–Kier alpha value is -1.24. The van der Waals surface area contributed by atoms with Crippen molar-refractivity contribution in [2.45, 2.75) is 52.9 Å². The van der Waals surface area contributed by atoms with E-state index in [1.54, 1.807) is 0 Å². The van der Waals surface area contributed by atoms with Crippen LogP contribution in [0.3, 0.4) is 0 Å². The van der Waals surface area contributed by atoms with Gasteiger partial charge in [-0.15, -0.1) is 0 Å². The maximum absolute atomic E-state index is 4.34. The Bertz CT molecular complexity index is 453. The van der Waals surface area contributed by atoms with Crippen molar-refractivity contribution in [3.05, 3.63) is 41.5 Å². The number of rotatable bonds is 5. The topological polar surface area (TPSA) is 3.24 Å². The minimum atomic E-state index is 0.719. The molecule has 2 rings (SSSR count). The van der Waals surface area contributed by atoms with Crippen LogP contribution in [0.1, 0.15) is 56.7 Å². The molecule has 0 amide bonds. The predicted octanol–water partition coefficient (Wildman–Crippen LogP) is 4.90. The van der Waals surface area contributed by atoms with Crippen molar-refractivity contribution in [1.82, 2.24) is 4.90 Å². The standard InChI is InChI=1S/C19H29N/c1-5-17-14-18(9-10-19(17)13-15(2)3)16(4)20-11-7-6-8-12-20/h9-10,14-15H,4-8,11-13H2,1-3H3. The highest BCUT2D eigenvalue weighted by Crippen LogP contribution is 2.25. The third-order valence-corrected chi connectivity index (χ3v) is 4.29. The summed E-state index contributed by atoms with van der Waals surface area (Å²) in [5.41, 5.74) is 5.54. The first kappa shape index (κ1) is 15.2. The van der Waals surface area contributed by atoms with E-state index in [1.807, 2.05) is 0 Å². The molecule has 1 aliphatic rings. The monoisotopic (exact) mass is 271 g/mol. The van der Waals surface area contributed by atoms with E-state index in [1.165, 1.54) is 61.2 Å². The first-order valence-corrected chi connectivity index (χ1v) is 8.17. The summed E-state index contributed by atoms with van der Waals surface area (Å²) >= 11 is 0.